The zero-order chi connectivity index (χ0) is 28.4. The molecule has 0 aliphatic heterocycles. The first-order chi connectivity index (χ1) is 21.3. The van der Waals surface area contributed by atoms with E-state index in [9.17, 15) is 0 Å². The Balaban J connectivity index is 1.30. The average Bonchev–Trinajstić information content (AvgIpc) is 3.56. The summed E-state index contributed by atoms with van der Waals surface area (Å²) in [7, 11) is 0. The van der Waals surface area contributed by atoms with Gasteiger partial charge in [-0.15, -0.1) is 0 Å². The molecule has 2 aliphatic rings. The van der Waals surface area contributed by atoms with Gasteiger partial charge in [-0.3, -0.25) is 0 Å². The van der Waals surface area contributed by atoms with Crippen molar-refractivity contribution in [2.45, 2.75) is 5.41 Å². The number of rotatable bonds is 3. The van der Waals surface area contributed by atoms with Gasteiger partial charge in [-0.25, -0.2) is 15.0 Å². The van der Waals surface area contributed by atoms with Gasteiger partial charge in [0.05, 0.1) is 5.41 Å². The summed E-state index contributed by atoms with van der Waals surface area (Å²) in [4.78, 5) is 14.9. The van der Waals surface area contributed by atoms with E-state index in [1.54, 1.807) is 0 Å². The van der Waals surface area contributed by atoms with Crippen molar-refractivity contribution < 1.29 is 0 Å². The fourth-order valence-corrected chi connectivity index (χ4v) is 7.18. The lowest BCUT2D eigenvalue weighted by atomic mass is 9.70. The topological polar surface area (TPSA) is 38.7 Å². The maximum atomic E-state index is 5.02. The molecular weight excluding hydrogens is 522 g/mol. The van der Waals surface area contributed by atoms with Gasteiger partial charge in [0.1, 0.15) is 0 Å². The standard InChI is InChI=1S/C40H25N3/c1-3-13-26(14-4-1)37-41-38(27-15-5-2-6-16-27)43-39(42-37)28-23-24-36-32(25-28)31-19-9-12-22-35(31)40(36)33-20-10-7-17-29(33)30-18-8-11-21-34(30)40/h1-25H. The van der Waals surface area contributed by atoms with Crippen molar-refractivity contribution in [1.29, 1.82) is 0 Å². The van der Waals surface area contributed by atoms with Crippen molar-refractivity contribution in [3.05, 3.63) is 174 Å². The highest BCUT2D eigenvalue weighted by Gasteiger charge is 2.51. The van der Waals surface area contributed by atoms with E-state index in [1.165, 1.54) is 44.5 Å². The van der Waals surface area contributed by atoms with Crippen LogP contribution in [0.1, 0.15) is 22.3 Å². The molecule has 43 heavy (non-hydrogen) atoms. The molecule has 0 unspecified atom stereocenters. The summed E-state index contributed by atoms with van der Waals surface area (Å²) in [6, 6.07) is 53.7. The van der Waals surface area contributed by atoms with Crippen molar-refractivity contribution in [1.82, 2.24) is 15.0 Å². The molecule has 0 saturated carbocycles. The summed E-state index contributed by atoms with van der Waals surface area (Å²) >= 11 is 0. The molecule has 7 aromatic rings. The third kappa shape index (κ3) is 3.39. The molecule has 1 heterocycles. The van der Waals surface area contributed by atoms with Gasteiger partial charge in [-0.1, -0.05) is 146 Å². The van der Waals surface area contributed by atoms with Gasteiger partial charge in [0.15, 0.2) is 17.5 Å². The molecule has 200 valence electrons. The number of benzene rings is 6. The molecule has 0 N–H and O–H groups in total. The molecule has 9 rings (SSSR count). The first-order valence-corrected chi connectivity index (χ1v) is 14.6. The van der Waals surface area contributed by atoms with E-state index in [0.29, 0.717) is 17.5 Å². The molecule has 0 fully saturated rings. The summed E-state index contributed by atoms with van der Waals surface area (Å²) in [6.45, 7) is 0. The van der Waals surface area contributed by atoms with Gasteiger partial charge in [0, 0.05) is 16.7 Å². The zero-order valence-corrected chi connectivity index (χ0v) is 23.3. The van der Waals surface area contributed by atoms with Gasteiger partial charge >= 0.3 is 0 Å². The van der Waals surface area contributed by atoms with E-state index in [4.69, 9.17) is 15.0 Å². The predicted molar refractivity (Wildman–Crippen MR) is 172 cm³/mol. The van der Waals surface area contributed by atoms with Gasteiger partial charge < -0.3 is 0 Å². The van der Waals surface area contributed by atoms with Crippen molar-refractivity contribution in [3.63, 3.8) is 0 Å². The summed E-state index contributed by atoms with van der Waals surface area (Å²) in [6.07, 6.45) is 0. The second-order valence-electron chi connectivity index (χ2n) is 11.2. The minimum atomic E-state index is -0.360. The molecule has 0 atom stereocenters. The zero-order valence-electron chi connectivity index (χ0n) is 23.3. The Kier molecular flexibility index (Phi) is 5.11. The van der Waals surface area contributed by atoms with Crippen LogP contribution in [0.15, 0.2) is 152 Å². The van der Waals surface area contributed by atoms with Crippen LogP contribution in [0.2, 0.25) is 0 Å². The Morgan fingerprint density at radius 2 is 0.674 bits per heavy atom. The van der Waals surface area contributed by atoms with E-state index < -0.39 is 0 Å². The van der Waals surface area contributed by atoms with E-state index in [1.807, 2.05) is 60.7 Å². The second-order valence-corrected chi connectivity index (χ2v) is 11.2. The van der Waals surface area contributed by atoms with Crippen molar-refractivity contribution in [3.8, 4) is 56.4 Å². The Morgan fingerprint density at radius 3 is 1.16 bits per heavy atom. The minimum Gasteiger partial charge on any atom is -0.208 e. The Bertz CT molecular complexity index is 2080. The molecule has 6 aromatic carbocycles. The van der Waals surface area contributed by atoms with Crippen LogP contribution in [-0.2, 0) is 5.41 Å². The fourth-order valence-electron chi connectivity index (χ4n) is 7.18. The van der Waals surface area contributed by atoms with Crippen LogP contribution < -0.4 is 0 Å². The van der Waals surface area contributed by atoms with E-state index in [0.717, 1.165) is 16.7 Å². The highest BCUT2D eigenvalue weighted by Crippen LogP contribution is 2.62. The van der Waals surface area contributed by atoms with Crippen LogP contribution in [0.3, 0.4) is 0 Å². The molecule has 2 aliphatic carbocycles. The van der Waals surface area contributed by atoms with E-state index in [2.05, 4.69) is 91.0 Å². The average molecular weight is 548 g/mol. The van der Waals surface area contributed by atoms with Crippen molar-refractivity contribution in [2.75, 3.05) is 0 Å². The summed E-state index contributed by atoms with van der Waals surface area (Å²) in [5.74, 6) is 2.00. The SMILES string of the molecule is c1ccc(-c2nc(-c3ccccc3)nc(-c3ccc4c(c3)-c3ccccc3C43c4ccccc4-c4ccccc43)n2)cc1. The quantitative estimate of drug-likeness (QED) is 0.221. The van der Waals surface area contributed by atoms with Crippen molar-refractivity contribution >= 4 is 0 Å². The first-order valence-electron chi connectivity index (χ1n) is 14.6. The van der Waals surface area contributed by atoms with Gasteiger partial charge in [-0.2, -0.15) is 0 Å². The van der Waals surface area contributed by atoms with Crippen LogP contribution in [0.4, 0.5) is 0 Å². The van der Waals surface area contributed by atoms with Crippen LogP contribution in [-0.4, -0.2) is 15.0 Å². The number of hydrogen-bond donors (Lipinski definition) is 0. The lowest BCUT2D eigenvalue weighted by Gasteiger charge is -2.30. The molecule has 0 bridgehead atoms. The maximum absolute atomic E-state index is 5.02. The van der Waals surface area contributed by atoms with Gasteiger partial charge in [0.25, 0.3) is 0 Å². The molecular formula is C40H25N3. The Labute approximate surface area is 250 Å². The highest BCUT2D eigenvalue weighted by atomic mass is 15.0. The normalized spacial score (nSPS) is 13.3. The first kappa shape index (κ1) is 24.0. The second kappa shape index (κ2) is 9.17. The largest absolute Gasteiger partial charge is 0.208 e. The van der Waals surface area contributed by atoms with Crippen LogP contribution >= 0.6 is 0 Å². The maximum Gasteiger partial charge on any atom is 0.164 e. The molecule has 0 amide bonds. The fraction of sp³-hybridized carbons (Fsp3) is 0.0250. The van der Waals surface area contributed by atoms with E-state index in [-0.39, 0.29) is 5.41 Å². The minimum absolute atomic E-state index is 0.360. The third-order valence-electron chi connectivity index (χ3n) is 8.95. The van der Waals surface area contributed by atoms with E-state index >= 15 is 0 Å². The summed E-state index contributed by atoms with van der Waals surface area (Å²) in [5.41, 5.74) is 12.9. The summed E-state index contributed by atoms with van der Waals surface area (Å²) in [5, 5.41) is 0. The van der Waals surface area contributed by atoms with Crippen LogP contribution in [0.5, 0.6) is 0 Å². The number of nitrogens with zero attached hydrogens (tertiary/aromatic N) is 3. The lowest BCUT2D eigenvalue weighted by Crippen LogP contribution is -2.25. The smallest absolute Gasteiger partial charge is 0.164 e. The van der Waals surface area contributed by atoms with Gasteiger partial charge in [0.2, 0.25) is 0 Å². The molecule has 0 radical (unpaired) electrons. The van der Waals surface area contributed by atoms with Crippen LogP contribution in [0.25, 0.3) is 56.4 Å². The van der Waals surface area contributed by atoms with Crippen molar-refractivity contribution in [2.24, 2.45) is 0 Å². The molecule has 0 saturated heterocycles. The number of aromatic nitrogens is 3. The number of hydrogen-bond acceptors (Lipinski definition) is 3. The van der Waals surface area contributed by atoms with Gasteiger partial charge in [-0.05, 0) is 50.6 Å². The molecule has 3 heteroatoms. The van der Waals surface area contributed by atoms with Crippen LogP contribution in [0, 0.1) is 0 Å². The third-order valence-corrected chi connectivity index (χ3v) is 8.95. The highest BCUT2D eigenvalue weighted by molar-refractivity contribution is 5.95. The molecule has 1 aromatic heterocycles. The Hall–Kier alpha value is -5.67. The predicted octanol–water partition coefficient (Wildman–Crippen LogP) is 9.22. The molecule has 1 spiro atoms. The summed E-state index contributed by atoms with van der Waals surface area (Å²) < 4.78 is 0. The lowest BCUT2D eigenvalue weighted by molar-refractivity contribution is 0.794. The molecule has 3 nitrogen and oxygen atoms in total. The monoisotopic (exact) mass is 547 g/mol. The number of fused-ring (bicyclic) bond motifs is 10. The Morgan fingerprint density at radius 1 is 0.302 bits per heavy atom.